The highest BCUT2D eigenvalue weighted by Crippen LogP contribution is 2.40. The molecule has 3 aromatic carbocycles. The van der Waals surface area contributed by atoms with Crippen molar-refractivity contribution in [3.63, 3.8) is 0 Å². The number of hydrogen-bond donors (Lipinski definition) is 2. The summed E-state index contributed by atoms with van der Waals surface area (Å²) in [5.74, 6) is 0.755. The molecule has 36 heavy (non-hydrogen) atoms. The van der Waals surface area contributed by atoms with Gasteiger partial charge < -0.3 is 10.2 Å². The molecule has 0 aliphatic rings. The van der Waals surface area contributed by atoms with Crippen LogP contribution in [-0.2, 0) is 0 Å². The van der Waals surface area contributed by atoms with E-state index >= 15 is 0 Å². The Kier molecular flexibility index (Phi) is 9.66. The van der Waals surface area contributed by atoms with Crippen LogP contribution in [0.25, 0.3) is 11.1 Å². The van der Waals surface area contributed by atoms with Crippen LogP contribution in [0.1, 0.15) is 64.0 Å². The first-order valence-electron chi connectivity index (χ1n) is 12.8. The Labute approximate surface area is 223 Å². The molecular weight excluding hydrogens is 456 g/mol. The van der Waals surface area contributed by atoms with Gasteiger partial charge in [0.15, 0.2) is 0 Å². The fraction of sp³-hybridized carbons (Fsp3) is 0.273. The molecule has 2 nitrogen and oxygen atoms in total. The minimum atomic E-state index is 0.377. The van der Waals surface area contributed by atoms with E-state index in [1.165, 1.54) is 27.9 Å². The first-order chi connectivity index (χ1) is 17.2. The van der Waals surface area contributed by atoms with E-state index in [-0.39, 0.29) is 0 Å². The lowest BCUT2D eigenvalue weighted by Crippen LogP contribution is -2.11. The minimum absolute atomic E-state index is 0.377. The third-order valence-electron chi connectivity index (χ3n) is 6.32. The molecule has 0 spiro atoms. The number of rotatable bonds is 10. The van der Waals surface area contributed by atoms with Gasteiger partial charge in [0, 0.05) is 18.9 Å². The molecule has 0 unspecified atom stereocenters. The topological polar surface area (TPSA) is 15.3 Å². The minimum Gasteiger partial charge on any atom is -0.353 e. The summed E-state index contributed by atoms with van der Waals surface area (Å²) in [5, 5.41) is 3.84. The molecule has 3 aromatic rings. The van der Waals surface area contributed by atoms with E-state index in [9.17, 15) is 0 Å². The van der Waals surface area contributed by atoms with Gasteiger partial charge in [-0.1, -0.05) is 83.7 Å². The zero-order chi connectivity index (χ0) is 26.2. The van der Waals surface area contributed by atoms with Gasteiger partial charge >= 0.3 is 0 Å². The predicted octanol–water partition coefficient (Wildman–Crippen LogP) is 10.1. The average molecular weight is 497 g/mol. The maximum atomic E-state index is 4.48. The van der Waals surface area contributed by atoms with Crippen LogP contribution in [0.4, 0.5) is 17.1 Å². The molecule has 0 bridgehead atoms. The third-order valence-corrected chi connectivity index (χ3v) is 6.77. The van der Waals surface area contributed by atoms with Crippen LogP contribution < -0.4 is 10.2 Å². The molecule has 0 amide bonds. The second-order valence-electron chi connectivity index (χ2n) is 9.84. The van der Waals surface area contributed by atoms with E-state index in [0.717, 1.165) is 28.3 Å². The average Bonchev–Trinajstić information content (AvgIpc) is 2.87. The van der Waals surface area contributed by atoms with E-state index in [4.69, 9.17) is 0 Å². The largest absolute Gasteiger partial charge is 0.353 e. The molecule has 1 N–H and O–H groups in total. The second kappa shape index (κ2) is 12.7. The maximum Gasteiger partial charge on any atom is 0.0642 e. The van der Waals surface area contributed by atoms with Crippen molar-refractivity contribution in [2.45, 2.75) is 52.9 Å². The van der Waals surface area contributed by atoms with Crippen LogP contribution in [0.3, 0.4) is 0 Å². The lowest BCUT2D eigenvalue weighted by Gasteiger charge is -2.25. The molecule has 3 heteroatoms. The van der Waals surface area contributed by atoms with Gasteiger partial charge in [0.1, 0.15) is 0 Å². The standard InChI is InChI=1S/C33H40N2S/c1-8-28(36)20-25(6)18-19-35(7)32-17-13-12-16-31(32)34-33-29(23(2)3)21-27(22-30(33)24(4)5)26-14-10-9-11-15-26/h9-24,34,36H,6,8H2,1-5,7H3/b19-18-,28-20+. The molecule has 188 valence electrons. The molecule has 3 rings (SSSR count). The molecule has 0 atom stereocenters. The van der Waals surface area contributed by atoms with Crippen LogP contribution in [0.5, 0.6) is 0 Å². The highest BCUT2D eigenvalue weighted by Gasteiger charge is 2.18. The number of para-hydroxylation sites is 2. The quantitative estimate of drug-likeness (QED) is 0.214. The Morgan fingerprint density at radius 2 is 1.50 bits per heavy atom. The fourth-order valence-electron chi connectivity index (χ4n) is 4.21. The second-order valence-corrected chi connectivity index (χ2v) is 10.4. The Morgan fingerprint density at radius 1 is 0.917 bits per heavy atom. The molecular formula is C33H40N2S. The van der Waals surface area contributed by atoms with Crippen molar-refractivity contribution < 1.29 is 0 Å². The molecule has 0 saturated carbocycles. The summed E-state index contributed by atoms with van der Waals surface area (Å²) in [6.07, 6.45) is 6.99. The first kappa shape index (κ1) is 27.4. The summed E-state index contributed by atoms with van der Waals surface area (Å²) in [4.78, 5) is 3.16. The number of thiol groups is 1. The maximum absolute atomic E-state index is 4.48. The molecule has 0 aliphatic heterocycles. The van der Waals surface area contributed by atoms with Crippen molar-refractivity contribution in [2.24, 2.45) is 0 Å². The molecule has 0 radical (unpaired) electrons. The van der Waals surface area contributed by atoms with Gasteiger partial charge in [-0.3, -0.25) is 0 Å². The lowest BCUT2D eigenvalue weighted by molar-refractivity contribution is 0.839. The van der Waals surface area contributed by atoms with E-state index < -0.39 is 0 Å². The highest BCUT2D eigenvalue weighted by atomic mass is 32.1. The number of benzene rings is 3. The Bertz CT molecular complexity index is 1210. The van der Waals surface area contributed by atoms with Crippen molar-refractivity contribution >= 4 is 29.7 Å². The van der Waals surface area contributed by atoms with Crippen molar-refractivity contribution in [3.05, 3.63) is 113 Å². The SMILES string of the molecule is C=C(/C=C\N(C)c1ccccc1Nc1c(C(C)C)cc(-c2ccccc2)cc1C(C)C)/C=C(/S)CC. The van der Waals surface area contributed by atoms with Crippen LogP contribution in [0.2, 0.25) is 0 Å². The number of allylic oxidation sites excluding steroid dienone is 4. The first-order valence-corrected chi connectivity index (χ1v) is 13.2. The molecule has 0 aromatic heterocycles. The van der Waals surface area contributed by atoms with Gasteiger partial charge in [0.25, 0.3) is 0 Å². The van der Waals surface area contributed by atoms with Gasteiger partial charge in [-0.05, 0) is 87.4 Å². The van der Waals surface area contributed by atoms with Gasteiger partial charge in [-0.15, -0.1) is 12.6 Å². The molecule has 0 heterocycles. The summed E-state index contributed by atoms with van der Waals surface area (Å²) >= 11 is 4.48. The summed E-state index contributed by atoms with van der Waals surface area (Å²) in [7, 11) is 2.07. The Hall–Kier alpha value is -3.17. The lowest BCUT2D eigenvalue weighted by atomic mass is 9.88. The van der Waals surface area contributed by atoms with Crippen molar-refractivity contribution in [2.75, 3.05) is 17.3 Å². The predicted molar refractivity (Wildman–Crippen MR) is 164 cm³/mol. The van der Waals surface area contributed by atoms with E-state index in [1.54, 1.807) is 0 Å². The van der Waals surface area contributed by atoms with E-state index in [1.807, 2.05) is 12.2 Å². The van der Waals surface area contributed by atoms with Crippen molar-refractivity contribution in [1.29, 1.82) is 0 Å². The normalized spacial score (nSPS) is 12.0. The van der Waals surface area contributed by atoms with Gasteiger partial charge in [0.2, 0.25) is 0 Å². The zero-order valence-corrected chi connectivity index (χ0v) is 23.4. The fourth-order valence-corrected chi connectivity index (χ4v) is 4.38. The van der Waals surface area contributed by atoms with Crippen molar-refractivity contribution in [1.82, 2.24) is 0 Å². The van der Waals surface area contributed by atoms with Crippen LogP contribution in [-0.4, -0.2) is 7.05 Å². The number of nitrogens with zero attached hydrogens (tertiary/aromatic N) is 1. The van der Waals surface area contributed by atoms with Gasteiger partial charge in [-0.25, -0.2) is 0 Å². The summed E-state index contributed by atoms with van der Waals surface area (Å²) in [6.45, 7) is 15.3. The molecule has 0 aliphatic carbocycles. The summed E-state index contributed by atoms with van der Waals surface area (Å²) in [5.41, 5.74) is 9.48. The zero-order valence-electron chi connectivity index (χ0n) is 22.5. The summed E-state index contributed by atoms with van der Waals surface area (Å²) < 4.78 is 0. The van der Waals surface area contributed by atoms with Crippen LogP contribution >= 0.6 is 12.6 Å². The van der Waals surface area contributed by atoms with E-state index in [2.05, 4.69) is 144 Å². The smallest absolute Gasteiger partial charge is 0.0642 e. The van der Waals surface area contributed by atoms with Gasteiger partial charge in [-0.2, -0.15) is 0 Å². The van der Waals surface area contributed by atoms with Crippen LogP contribution in [0, 0.1) is 0 Å². The van der Waals surface area contributed by atoms with E-state index in [0.29, 0.717) is 11.8 Å². The van der Waals surface area contributed by atoms with Gasteiger partial charge in [0.05, 0.1) is 11.4 Å². The highest BCUT2D eigenvalue weighted by molar-refractivity contribution is 7.84. The third kappa shape index (κ3) is 6.95. The summed E-state index contributed by atoms with van der Waals surface area (Å²) in [6, 6.07) is 23.8. The number of anilines is 3. The molecule has 0 fully saturated rings. The number of nitrogens with one attached hydrogen (secondary N) is 1. The Morgan fingerprint density at radius 3 is 2.08 bits per heavy atom. The monoisotopic (exact) mass is 496 g/mol. The number of hydrogen-bond acceptors (Lipinski definition) is 3. The van der Waals surface area contributed by atoms with Crippen molar-refractivity contribution in [3.8, 4) is 11.1 Å². The Balaban J connectivity index is 2.03. The molecule has 0 saturated heterocycles. The van der Waals surface area contributed by atoms with Crippen LogP contribution in [0.15, 0.2) is 102 Å².